The zero-order chi connectivity index (χ0) is 23.0. The zero-order valence-corrected chi connectivity index (χ0v) is 19.1. The summed E-state index contributed by atoms with van der Waals surface area (Å²) >= 11 is 12.0. The van der Waals surface area contributed by atoms with E-state index in [2.05, 4.69) is 5.73 Å². The Balaban J connectivity index is 2.17. The number of ether oxygens (including phenoxy) is 1. The summed E-state index contributed by atoms with van der Waals surface area (Å²) in [5.74, 6) is 0.412. The number of aliphatic hydroxyl groups excluding tert-OH is 3. The van der Waals surface area contributed by atoms with Crippen LogP contribution < -0.4 is 4.74 Å². The van der Waals surface area contributed by atoms with E-state index in [0.29, 0.717) is 22.8 Å². The first-order valence-electron chi connectivity index (χ1n) is 10.0. The average Bonchev–Trinajstić information content (AvgIpc) is 2.73. The van der Waals surface area contributed by atoms with Gasteiger partial charge in [-0.3, -0.25) is 0 Å². The molecule has 0 spiro atoms. The second kappa shape index (κ2) is 12.2. The minimum absolute atomic E-state index is 0.0809. The van der Waals surface area contributed by atoms with Crippen molar-refractivity contribution in [3.63, 3.8) is 0 Å². The zero-order valence-electron chi connectivity index (χ0n) is 17.6. The lowest BCUT2D eigenvalue weighted by Crippen LogP contribution is -2.06. The van der Waals surface area contributed by atoms with Crippen LogP contribution in [-0.2, 0) is 0 Å². The van der Waals surface area contributed by atoms with Gasteiger partial charge in [-0.2, -0.15) is 0 Å². The monoisotopic (exact) mass is 466 g/mol. The molecule has 0 bridgehead atoms. The van der Waals surface area contributed by atoms with Gasteiger partial charge in [0.15, 0.2) is 0 Å². The van der Waals surface area contributed by atoms with Gasteiger partial charge in [0, 0.05) is 29.0 Å². The van der Waals surface area contributed by atoms with Gasteiger partial charge in [-0.25, -0.2) is 0 Å². The summed E-state index contributed by atoms with van der Waals surface area (Å²) in [5.41, 5.74) is 4.88. The van der Waals surface area contributed by atoms with Crippen LogP contribution in [0.2, 0.25) is 10.0 Å². The summed E-state index contributed by atoms with van der Waals surface area (Å²) in [4.78, 5) is 0. The molecule has 5 nitrogen and oxygen atoms in total. The Morgan fingerprint density at radius 2 is 1.81 bits per heavy atom. The highest BCUT2D eigenvalue weighted by molar-refractivity contribution is 6.35. The summed E-state index contributed by atoms with van der Waals surface area (Å²) in [6.45, 7) is 3.99. The standard InChI is InChI=1S/C24H28Cl2O5/c1-15(2)16(12-22(29)19-13-17(25)14-20(26)24(19)30)6-5-8-21(28)18-7-3-4-9-23(18)31-11-10-27/h3-5,7,9,13-15,21-22,27-30H,8,10-12H2,1-2H3/t6?,21-,22-/m1/s1. The highest BCUT2D eigenvalue weighted by atomic mass is 35.5. The quantitative estimate of drug-likeness (QED) is 0.354. The van der Waals surface area contributed by atoms with Crippen molar-refractivity contribution in [1.82, 2.24) is 0 Å². The molecular formula is C24H28Cl2O5. The summed E-state index contributed by atoms with van der Waals surface area (Å²) in [7, 11) is 0. The van der Waals surface area contributed by atoms with Gasteiger partial charge in [-0.15, -0.1) is 5.73 Å². The fourth-order valence-electron chi connectivity index (χ4n) is 3.09. The molecule has 0 aliphatic carbocycles. The molecule has 0 heterocycles. The second-order valence-electron chi connectivity index (χ2n) is 7.44. The Labute approximate surface area is 192 Å². The van der Waals surface area contributed by atoms with Crippen LogP contribution in [-0.4, -0.2) is 33.6 Å². The predicted octanol–water partition coefficient (Wildman–Crippen LogP) is 5.35. The topological polar surface area (TPSA) is 90.2 Å². The molecule has 0 radical (unpaired) electrons. The third-order valence-corrected chi connectivity index (χ3v) is 5.29. The molecular weight excluding hydrogens is 439 g/mol. The van der Waals surface area contributed by atoms with E-state index in [1.54, 1.807) is 24.3 Å². The average molecular weight is 467 g/mol. The van der Waals surface area contributed by atoms with E-state index in [1.165, 1.54) is 12.1 Å². The first-order valence-corrected chi connectivity index (χ1v) is 10.8. The molecule has 31 heavy (non-hydrogen) atoms. The lowest BCUT2D eigenvalue weighted by Gasteiger charge is -2.17. The van der Waals surface area contributed by atoms with Crippen LogP contribution in [0.3, 0.4) is 0 Å². The third kappa shape index (κ3) is 7.29. The molecule has 2 atom stereocenters. The number of phenols is 1. The normalized spacial score (nSPS) is 12.9. The van der Waals surface area contributed by atoms with E-state index >= 15 is 0 Å². The number of para-hydroxylation sites is 1. The smallest absolute Gasteiger partial charge is 0.140 e. The third-order valence-electron chi connectivity index (χ3n) is 4.78. The Morgan fingerprint density at radius 1 is 1.10 bits per heavy atom. The fourth-order valence-corrected chi connectivity index (χ4v) is 3.60. The molecule has 0 aliphatic heterocycles. The maximum atomic E-state index is 10.6. The molecule has 0 aliphatic rings. The number of benzene rings is 2. The summed E-state index contributed by atoms with van der Waals surface area (Å²) in [6.07, 6.45) is 0.425. The molecule has 2 rings (SSSR count). The largest absolute Gasteiger partial charge is 0.506 e. The van der Waals surface area contributed by atoms with Crippen molar-refractivity contribution in [3.8, 4) is 11.5 Å². The molecule has 0 aromatic heterocycles. The second-order valence-corrected chi connectivity index (χ2v) is 8.28. The lowest BCUT2D eigenvalue weighted by molar-refractivity contribution is 0.166. The van der Waals surface area contributed by atoms with Crippen LogP contribution in [0.15, 0.2) is 53.8 Å². The first-order chi connectivity index (χ1) is 14.7. The van der Waals surface area contributed by atoms with E-state index in [4.69, 9.17) is 33.0 Å². The van der Waals surface area contributed by atoms with Crippen LogP contribution in [0.5, 0.6) is 11.5 Å². The van der Waals surface area contributed by atoms with Crippen molar-refractivity contribution >= 4 is 23.2 Å². The van der Waals surface area contributed by atoms with Gasteiger partial charge < -0.3 is 25.2 Å². The van der Waals surface area contributed by atoms with E-state index in [9.17, 15) is 15.3 Å². The molecule has 2 aromatic carbocycles. The van der Waals surface area contributed by atoms with Crippen LogP contribution in [0.1, 0.15) is 50.0 Å². The maximum Gasteiger partial charge on any atom is 0.140 e. The van der Waals surface area contributed by atoms with Gasteiger partial charge in [0.25, 0.3) is 0 Å². The molecule has 0 saturated heterocycles. The van der Waals surface area contributed by atoms with Crippen molar-refractivity contribution in [2.45, 2.75) is 38.9 Å². The number of rotatable bonds is 10. The van der Waals surface area contributed by atoms with Crippen molar-refractivity contribution in [3.05, 3.63) is 75.0 Å². The number of aliphatic hydroxyl groups is 3. The number of aromatic hydroxyl groups is 1. The van der Waals surface area contributed by atoms with Gasteiger partial charge in [0.2, 0.25) is 0 Å². The number of hydrogen-bond donors (Lipinski definition) is 4. The number of phenolic OH excluding ortho intramolecular Hbond substituents is 1. The van der Waals surface area contributed by atoms with E-state index < -0.39 is 12.2 Å². The number of hydrogen-bond acceptors (Lipinski definition) is 5. The highest BCUT2D eigenvalue weighted by Crippen LogP contribution is 2.37. The Morgan fingerprint density at radius 3 is 2.48 bits per heavy atom. The Hall–Kier alpha value is -1.98. The van der Waals surface area contributed by atoms with Crippen molar-refractivity contribution in [2.75, 3.05) is 13.2 Å². The summed E-state index contributed by atoms with van der Waals surface area (Å²) < 4.78 is 5.48. The number of halogens is 2. The lowest BCUT2D eigenvalue weighted by atomic mass is 9.94. The Kier molecular flexibility index (Phi) is 9.92. The fraction of sp³-hybridized carbons (Fsp3) is 0.375. The van der Waals surface area contributed by atoms with Crippen LogP contribution in [0, 0.1) is 5.92 Å². The minimum Gasteiger partial charge on any atom is -0.506 e. The van der Waals surface area contributed by atoms with Crippen LogP contribution in [0.4, 0.5) is 0 Å². The molecule has 0 fully saturated rings. The van der Waals surface area contributed by atoms with Gasteiger partial charge >= 0.3 is 0 Å². The van der Waals surface area contributed by atoms with Crippen LogP contribution >= 0.6 is 23.2 Å². The summed E-state index contributed by atoms with van der Waals surface area (Å²) in [5, 5.41) is 40.7. The molecule has 7 heteroatoms. The molecule has 0 unspecified atom stereocenters. The van der Waals surface area contributed by atoms with Crippen molar-refractivity contribution in [2.24, 2.45) is 5.92 Å². The van der Waals surface area contributed by atoms with E-state index in [1.807, 2.05) is 19.9 Å². The van der Waals surface area contributed by atoms with E-state index in [-0.39, 0.29) is 41.9 Å². The SMILES string of the molecule is CC(C)C(=C=CC[C@@H](O)c1ccccc1OCCO)C[C@@H](O)c1cc(Cl)cc(Cl)c1O. The van der Waals surface area contributed by atoms with Crippen LogP contribution in [0.25, 0.3) is 0 Å². The van der Waals surface area contributed by atoms with Gasteiger partial charge in [-0.1, -0.05) is 55.2 Å². The van der Waals surface area contributed by atoms with Gasteiger partial charge in [-0.05, 0) is 35.8 Å². The molecule has 0 amide bonds. The molecule has 168 valence electrons. The summed E-state index contributed by atoms with van der Waals surface area (Å²) in [6, 6.07) is 10.0. The predicted molar refractivity (Wildman–Crippen MR) is 123 cm³/mol. The minimum atomic E-state index is -1.01. The first kappa shape index (κ1) is 25.3. The molecule has 2 aromatic rings. The molecule has 0 saturated carbocycles. The van der Waals surface area contributed by atoms with Crippen molar-refractivity contribution < 1.29 is 25.2 Å². The van der Waals surface area contributed by atoms with Gasteiger partial charge in [0.1, 0.15) is 18.1 Å². The highest BCUT2D eigenvalue weighted by Gasteiger charge is 2.19. The van der Waals surface area contributed by atoms with Crippen molar-refractivity contribution in [1.29, 1.82) is 0 Å². The molecule has 4 N–H and O–H groups in total. The van der Waals surface area contributed by atoms with E-state index in [0.717, 1.165) is 5.57 Å². The van der Waals surface area contributed by atoms with Gasteiger partial charge in [0.05, 0.1) is 23.8 Å². The maximum absolute atomic E-state index is 10.6. The Bertz CT molecular complexity index is 936.